The first kappa shape index (κ1) is 31.5. The topological polar surface area (TPSA) is 87.7 Å². The number of hydrogen-bond acceptors (Lipinski definition) is 4. The SMILES string of the molecule is CCCC(C)NC(=O)C(c1ccc(CC)cc1)N(C(=O)C(NC(=O)OC(C)(C)C)C(C)C)C(C)CC. The summed E-state index contributed by atoms with van der Waals surface area (Å²) in [6.45, 7) is 19.2. The van der Waals surface area contributed by atoms with Crippen molar-refractivity contribution in [3.63, 3.8) is 0 Å². The second-order valence-electron chi connectivity index (χ2n) is 11.1. The van der Waals surface area contributed by atoms with E-state index >= 15 is 0 Å². The summed E-state index contributed by atoms with van der Waals surface area (Å²) in [4.78, 5) is 42.1. The quantitative estimate of drug-likeness (QED) is 0.379. The zero-order chi connectivity index (χ0) is 27.6. The van der Waals surface area contributed by atoms with Crippen LogP contribution in [0.3, 0.4) is 0 Å². The number of hydrogen-bond donors (Lipinski definition) is 2. The average Bonchev–Trinajstić information content (AvgIpc) is 2.78. The van der Waals surface area contributed by atoms with E-state index in [0.717, 1.165) is 30.4 Å². The molecule has 1 rings (SSSR count). The standard InChI is InChI=1S/C29H49N3O4/c1-11-14-20(6)30-26(33)25(23-17-15-22(13-3)16-18-23)32(21(7)12-2)27(34)24(19(4)5)31-28(35)36-29(8,9)10/h15-21,24-25H,11-14H2,1-10H3,(H,30,33)(H,31,35). The van der Waals surface area contributed by atoms with Crippen molar-refractivity contribution >= 4 is 17.9 Å². The first-order valence-corrected chi connectivity index (χ1v) is 13.5. The number of amides is 3. The number of nitrogens with zero attached hydrogens (tertiary/aromatic N) is 1. The summed E-state index contributed by atoms with van der Waals surface area (Å²) in [5.41, 5.74) is 1.22. The van der Waals surface area contributed by atoms with Crippen molar-refractivity contribution in [2.24, 2.45) is 5.92 Å². The van der Waals surface area contributed by atoms with E-state index in [4.69, 9.17) is 4.74 Å². The van der Waals surface area contributed by atoms with Crippen LogP contribution in [0.2, 0.25) is 0 Å². The minimum absolute atomic E-state index is 0.0189. The fourth-order valence-corrected chi connectivity index (χ4v) is 4.11. The first-order chi connectivity index (χ1) is 16.7. The molecule has 7 heteroatoms. The first-order valence-electron chi connectivity index (χ1n) is 13.5. The van der Waals surface area contributed by atoms with Crippen LogP contribution in [0.15, 0.2) is 24.3 Å². The number of nitrogens with one attached hydrogen (secondary N) is 2. The number of carbonyl (C=O) groups excluding carboxylic acids is 3. The molecule has 36 heavy (non-hydrogen) atoms. The maximum Gasteiger partial charge on any atom is 0.408 e. The van der Waals surface area contributed by atoms with Crippen LogP contribution in [0.4, 0.5) is 4.79 Å². The lowest BCUT2D eigenvalue weighted by molar-refractivity contribution is -0.146. The summed E-state index contributed by atoms with van der Waals surface area (Å²) in [6.07, 6.45) is 2.68. The predicted octanol–water partition coefficient (Wildman–Crippen LogP) is 5.77. The van der Waals surface area contributed by atoms with Crippen molar-refractivity contribution in [1.82, 2.24) is 15.5 Å². The highest BCUT2D eigenvalue weighted by atomic mass is 16.6. The Labute approximate surface area is 218 Å². The molecule has 0 aliphatic carbocycles. The fraction of sp³-hybridized carbons (Fsp3) is 0.690. The van der Waals surface area contributed by atoms with Gasteiger partial charge in [0.15, 0.2) is 0 Å². The number of carbonyl (C=O) groups is 3. The van der Waals surface area contributed by atoms with Crippen LogP contribution < -0.4 is 10.6 Å². The normalized spacial score (nSPS) is 15.0. The Morgan fingerprint density at radius 1 is 0.944 bits per heavy atom. The summed E-state index contributed by atoms with van der Waals surface area (Å²) in [7, 11) is 0. The summed E-state index contributed by atoms with van der Waals surface area (Å²) < 4.78 is 5.43. The molecule has 0 saturated carbocycles. The molecule has 7 nitrogen and oxygen atoms in total. The molecule has 0 bridgehead atoms. The van der Waals surface area contributed by atoms with E-state index < -0.39 is 23.8 Å². The van der Waals surface area contributed by atoms with E-state index in [1.165, 1.54) is 0 Å². The van der Waals surface area contributed by atoms with Gasteiger partial charge in [0.05, 0.1) is 0 Å². The van der Waals surface area contributed by atoms with Crippen molar-refractivity contribution in [3.05, 3.63) is 35.4 Å². The van der Waals surface area contributed by atoms with Crippen molar-refractivity contribution in [2.75, 3.05) is 0 Å². The van der Waals surface area contributed by atoms with Gasteiger partial charge >= 0.3 is 6.09 Å². The molecule has 0 heterocycles. The van der Waals surface area contributed by atoms with Crippen LogP contribution in [0.5, 0.6) is 0 Å². The molecule has 2 N–H and O–H groups in total. The van der Waals surface area contributed by atoms with E-state index in [1.54, 1.807) is 25.7 Å². The van der Waals surface area contributed by atoms with E-state index in [0.29, 0.717) is 6.42 Å². The Balaban J connectivity index is 3.52. The lowest BCUT2D eigenvalue weighted by atomic mass is 9.95. The van der Waals surface area contributed by atoms with Crippen LogP contribution in [0.1, 0.15) is 106 Å². The highest BCUT2D eigenvalue weighted by Gasteiger charge is 2.39. The predicted molar refractivity (Wildman–Crippen MR) is 146 cm³/mol. The largest absolute Gasteiger partial charge is 0.444 e. The van der Waals surface area contributed by atoms with Gasteiger partial charge in [0.1, 0.15) is 17.7 Å². The van der Waals surface area contributed by atoms with E-state index in [2.05, 4.69) is 24.5 Å². The third-order valence-electron chi connectivity index (χ3n) is 6.27. The molecule has 0 radical (unpaired) electrons. The molecular formula is C29H49N3O4. The molecule has 0 aromatic heterocycles. The molecule has 0 aliphatic heterocycles. The van der Waals surface area contributed by atoms with Crippen LogP contribution in [-0.4, -0.2) is 46.5 Å². The van der Waals surface area contributed by atoms with Gasteiger partial charge in [-0.05, 0) is 70.9 Å². The Hall–Kier alpha value is -2.57. The zero-order valence-corrected chi connectivity index (χ0v) is 24.1. The number of aryl methyl sites for hydroxylation is 1. The molecule has 0 aliphatic rings. The smallest absolute Gasteiger partial charge is 0.408 e. The maximum absolute atomic E-state index is 14.1. The van der Waals surface area contributed by atoms with Crippen LogP contribution in [0.25, 0.3) is 0 Å². The molecule has 204 valence electrons. The Bertz CT molecular complexity index is 845. The van der Waals surface area contributed by atoms with Gasteiger partial charge in [0.25, 0.3) is 0 Å². The van der Waals surface area contributed by atoms with Crippen LogP contribution in [0, 0.1) is 5.92 Å². The zero-order valence-electron chi connectivity index (χ0n) is 24.1. The summed E-state index contributed by atoms with van der Waals surface area (Å²) in [6, 6.07) is 5.96. The molecule has 3 amide bonds. The molecule has 1 aromatic carbocycles. The summed E-state index contributed by atoms with van der Waals surface area (Å²) in [5.74, 6) is -0.719. The van der Waals surface area contributed by atoms with Gasteiger partial charge in [-0.25, -0.2) is 4.79 Å². The van der Waals surface area contributed by atoms with Gasteiger partial charge < -0.3 is 20.3 Å². The third-order valence-corrected chi connectivity index (χ3v) is 6.27. The van der Waals surface area contributed by atoms with Gasteiger partial charge in [0.2, 0.25) is 11.8 Å². The number of alkyl carbamates (subject to hydrolysis) is 1. The van der Waals surface area contributed by atoms with Gasteiger partial charge in [-0.3, -0.25) is 9.59 Å². The second kappa shape index (κ2) is 14.2. The lowest BCUT2D eigenvalue weighted by Gasteiger charge is -2.39. The third kappa shape index (κ3) is 9.47. The van der Waals surface area contributed by atoms with Gasteiger partial charge in [-0.15, -0.1) is 0 Å². The minimum Gasteiger partial charge on any atom is -0.444 e. The van der Waals surface area contributed by atoms with Crippen molar-refractivity contribution in [2.45, 2.75) is 125 Å². The molecule has 0 saturated heterocycles. The minimum atomic E-state index is -0.841. The molecule has 1 aromatic rings. The Kier molecular flexibility index (Phi) is 12.4. The second-order valence-corrected chi connectivity index (χ2v) is 11.1. The molecule has 4 atom stereocenters. The highest BCUT2D eigenvalue weighted by molar-refractivity contribution is 5.92. The number of benzene rings is 1. The fourth-order valence-electron chi connectivity index (χ4n) is 4.11. The molecule has 0 spiro atoms. The van der Waals surface area contributed by atoms with E-state index in [9.17, 15) is 14.4 Å². The molecule has 4 unspecified atom stereocenters. The number of rotatable bonds is 12. The van der Waals surface area contributed by atoms with E-state index in [1.807, 2.05) is 58.9 Å². The number of ether oxygens (including phenoxy) is 1. The Morgan fingerprint density at radius 3 is 1.97 bits per heavy atom. The maximum atomic E-state index is 14.1. The van der Waals surface area contributed by atoms with Crippen molar-refractivity contribution in [3.8, 4) is 0 Å². The molecular weight excluding hydrogens is 454 g/mol. The van der Waals surface area contributed by atoms with Crippen LogP contribution in [-0.2, 0) is 20.7 Å². The Morgan fingerprint density at radius 2 is 1.53 bits per heavy atom. The van der Waals surface area contributed by atoms with Crippen molar-refractivity contribution in [1.29, 1.82) is 0 Å². The molecule has 0 fully saturated rings. The summed E-state index contributed by atoms with van der Waals surface area (Å²) in [5, 5.41) is 5.89. The van der Waals surface area contributed by atoms with Crippen molar-refractivity contribution < 1.29 is 19.1 Å². The average molecular weight is 504 g/mol. The van der Waals surface area contributed by atoms with Gasteiger partial charge in [0, 0.05) is 12.1 Å². The monoisotopic (exact) mass is 503 g/mol. The lowest BCUT2D eigenvalue weighted by Crippen LogP contribution is -2.57. The van der Waals surface area contributed by atoms with Crippen LogP contribution >= 0.6 is 0 Å². The summed E-state index contributed by atoms with van der Waals surface area (Å²) >= 11 is 0. The van der Waals surface area contributed by atoms with Gasteiger partial charge in [-0.1, -0.05) is 65.3 Å². The van der Waals surface area contributed by atoms with E-state index in [-0.39, 0.29) is 29.8 Å². The van der Waals surface area contributed by atoms with Gasteiger partial charge in [-0.2, -0.15) is 0 Å². The highest BCUT2D eigenvalue weighted by Crippen LogP contribution is 2.28.